The topological polar surface area (TPSA) is 50.8 Å². The van der Waals surface area contributed by atoms with Crippen LogP contribution in [0.4, 0.5) is 0 Å². The van der Waals surface area contributed by atoms with Gasteiger partial charge in [-0.05, 0) is 58.0 Å². The van der Waals surface area contributed by atoms with Crippen LogP contribution in [0.2, 0.25) is 0 Å². The minimum absolute atomic E-state index is 0.0128. The summed E-state index contributed by atoms with van der Waals surface area (Å²) in [4.78, 5) is 14.4. The van der Waals surface area contributed by atoms with E-state index in [1.165, 1.54) is 19.3 Å². The second kappa shape index (κ2) is 9.48. The number of piperidine rings is 1. The zero-order chi connectivity index (χ0) is 15.8. The van der Waals surface area contributed by atoms with Crippen LogP contribution >= 0.6 is 0 Å². The van der Waals surface area contributed by atoms with Crippen LogP contribution < -0.4 is 5.32 Å². The highest BCUT2D eigenvalue weighted by Gasteiger charge is 2.19. The lowest BCUT2D eigenvalue weighted by molar-refractivity contribution is -0.135. The molecule has 5 heteroatoms. The summed E-state index contributed by atoms with van der Waals surface area (Å²) in [6.45, 7) is 9.44. The normalized spacial score (nSPS) is 25.8. The van der Waals surface area contributed by atoms with Crippen molar-refractivity contribution in [2.75, 3.05) is 39.4 Å². The number of hydrogen-bond donors (Lipinski definition) is 1. The minimum atomic E-state index is -0.396. The molecular formula is C17H32N2O3. The van der Waals surface area contributed by atoms with Gasteiger partial charge in [0.1, 0.15) is 6.10 Å². The zero-order valence-corrected chi connectivity index (χ0v) is 14.2. The molecule has 0 radical (unpaired) electrons. The second-order valence-corrected chi connectivity index (χ2v) is 6.78. The molecule has 2 heterocycles. The van der Waals surface area contributed by atoms with Gasteiger partial charge in [0.05, 0.1) is 12.7 Å². The van der Waals surface area contributed by atoms with Gasteiger partial charge >= 0.3 is 0 Å². The molecule has 0 aromatic carbocycles. The quantitative estimate of drug-likeness (QED) is 0.779. The van der Waals surface area contributed by atoms with Gasteiger partial charge in [0.2, 0.25) is 5.91 Å². The standard InChI is InChI=1S/C17H32N2O3/c1-14-6-9-19(10-7-14)11-8-18-17(20)15(2)22-13-16-5-3-4-12-21-16/h14-16H,3-13H2,1-2H3,(H,18,20)/t15-,16-/m1/s1. The van der Waals surface area contributed by atoms with Gasteiger partial charge in [0, 0.05) is 19.7 Å². The molecule has 2 rings (SSSR count). The molecule has 0 bridgehead atoms. The Kier molecular flexibility index (Phi) is 7.63. The number of amides is 1. The van der Waals surface area contributed by atoms with Crippen LogP contribution in [0.5, 0.6) is 0 Å². The summed E-state index contributed by atoms with van der Waals surface area (Å²) < 4.78 is 11.3. The van der Waals surface area contributed by atoms with E-state index in [4.69, 9.17) is 9.47 Å². The SMILES string of the molecule is CC1CCN(CCNC(=O)[C@@H](C)OC[C@H]2CCCCO2)CC1. The molecule has 1 amide bonds. The van der Waals surface area contributed by atoms with E-state index in [0.717, 1.165) is 45.0 Å². The van der Waals surface area contributed by atoms with Crippen LogP contribution in [0, 0.1) is 5.92 Å². The zero-order valence-electron chi connectivity index (χ0n) is 14.2. The molecule has 0 aromatic rings. The van der Waals surface area contributed by atoms with Crippen LogP contribution in [0.3, 0.4) is 0 Å². The number of hydrogen-bond acceptors (Lipinski definition) is 4. The molecule has 2 aliphatic heterocycles. The fourth-order valence-electron chi connectivity index (χ4n) is 3.03. The lowest BCUT2D eigenvalue weighted by Gasteiger charge is -2.30. The number of nitrogens with zero attached hydrogens (tertiary/aromatic N) is 1. The Morgan fingerprint density at radius 1 is 1.32 bits per heavy atom. The van der Waals surface area contributed by atoms with Crippen molar-refractivity contribution in [2.45, 2.75) is 58.2 Å². The van der Waals surface area contributed by atoms with Crippen molar-refractivity contribution in [3.8, 4) is 0 Å². The summed E-state index contributed by atoms with van der Waals surface area (Å²) in [5.74, 6) is 0.836. The first-order chi connectivity index (χ1) is 10.6. The Hall–Kier alpha value is -0.650. The van der Waals surface area contributed by atoms with E-state index in [1.807, 2.05) is 6.92 Å². The van der Waals surface area contributed by atoms with Crippen molar-refractivity contribution >= 4 is 5.91 Å². The number of rotatable bonds is 7. The lowest BCUT2D eigenvalue weighted by Crippen LogP contribution is -2.42. The lowest BCUT2D eigenvalue weighted by atomic mass is 9.99. The highest BCUT2D eigenvalue weighted by atomic mass is 16.5. The van der Waals surface area contributed by atoms with Crippen molar-refractivity contribution < 1.29 is 14.3 Å². The summed E-state index contributed by atoms with van der Waals surface area (Å²) >= 11 is 0. The molecular weight excluding hydrogens is 280 g/mol. The maximum absolute atomic E-state index is 12.0. The highest BCUT2D eigenvalue weighted by Crippen LogP contribution is 2.15. The Morgan fingerprint density at radius 3 is 2.77 bits per heavy atom. The van der Waals surface area contributed by atoms with Crippen molar-refractivity contribution in [3.63, 3.8) is 0 Å². The van der Waals surface area contributed by atoms with E-state index in [0.29, 0.717) is 13.2 Å². The summed E-state index contributed by atoms with van der Waals surface area (Å²) in [5.41, 5.74) is 0. The Labute approximate surface area is 134 Å². The summed E-state index contributed by atoms with van der Waals surface area (Å²) in [7, 11) is 0. The predicted molar refractivity (Wildman–Crippen MR) is 86.9 cm³/mol. The second-order valence-electron chi connectivity index (χ2n) is 6.78. The summed E-state index contributed by atoms with van der Waals surface area (Å²) in [5, 5.41) is 2.98. The van der Waals surface area contributed by atoms with E-state index in [1.54, 1.807) is 0 Å². The fraction of sp³-hybridized carbons (Fsp3) is 0.941. The number of ether oxygens (including phenoxy) is 2. The van der Waals surface area contributed by atoms with E-state index < -0.39 is 6.10 Å². The molecule has 1 N–H and O–H groups in total. The van der Waals surface area contributed by atoms with Crippen molar-refractivity contribution in [3.05, 3.63) is 0 Å². The largest absolute Gasteiger partial charge is 0.376 e. The van der Waals surface area contributed by atoms with Gasteiger partial charge in [0.25, 0.3) is 0 Å². The molecule has 0 aromatic heterocycles. The minimum Gasteiger partial charge on any atom is -0.376 e. The van der Waals surface area contributed by atoms with E-state index in [2.05, 4.69) is 17.1 Å². The van der Waals surface area contributed by atoms with Crippen LogP contribution in [-0.4, -0.2) is 62.4 Å². The molecule has 5 nitrogen and oxygen atoms in total. The third-order valence-corrected chi connectivity index (χ3v) is 4.78. The average molecular weight is 312 g/mol. The predicted octanol–water partition coefficient (Wildman–Crippen LogP) is 1.81. The van der Waals surface area contributed by atoms with Gasteiger partial charge in [-0.2, -0.15) is 0 Å². The van der Waals surface area contributed by atoms with Crippen LogP contribution in [-0.2, 0) is 14.3 Å². The number of carbonyl (C=O) groups excluding carboxylic acids is 1. The maximum Gasteiger partial charge on any atom is 0.248 e. The molecule has 22 heavy (non-hydrogen) atoms. The van der Waals surface area contributed by atoms with Gasteiger partial charge in [-0.1, -0.05) is 6.92 Å². The third-order valence-electron chi connectivity index (χ3n) is 4.78. The molecule has 0 saturated carbocycles. The Bertz CT molecular complexity index is 324. The number of nitrogens with one attached hydrogen (secondary N) is 1. The van der Waals surface area contributed by atoms with Crippen molar-refractivity contribution in [2.24, 2.45) is 5.92 Å². The number of carbonyl (C=O) groups is 1. The van der Waals surface area contributed by atoms with Gasteiger partial charge < -0.3 is 19.7 Å². The van der Waals surface area contributed by atoms with Gasteiger partial charge in [-0.25, -0.2) is 0 Å². The van der Waals surface area contributed by atoms with E-state index in [-0.39, 0.29) is 12.0 Å². The van der Waals surface area contributed by atoms with Crippen LogP contribution in [0.25, 0.3) is 0 Å². The first-order valence-electron chi connectivity index (χ1n) is 8.88. The van der Waals surface area contributed by atoms with E-state index in [9.17, 15) is 4.79 Å². The third kappa shape index (κ3) is 6.23. The van der Waals surface area contributed by atoms with Crippen LogP contribution in [0.1, 0.15) is 46.0 Å². The highest BCUT2D eigenvalue weighted by molar-refractivity contribution is 5.80. The molecule has 2 aliphatic rings. The van der Waals surface area contributed by atoms with E-state index >= 15 is 0 Å². The Morgan fingerprint density at radius 2 is 2.09 bits per heavy atom. The summed E-state index contributed by atoms with van der Waals surface area (Å²) in [6, 6.07) is 0. The first kappa shape index (κ1) is 17.7. The molecule has 2 fully saturated rings. The summed E-state index contributed by atoms with van der Waals surface area (Å²) in [6.07, 6.45) is 5.70. The molecule has 0 aliphatic carbocycles. The maximum atomic E-state index is 12.0. The van der Waals surface area contributed by atoms with Gasteiger partial charge in [0.15, 0.2) is 0 Å². The van der Waals surface area contributed by atoms with Crippen molar-refractivity contribution in [1.82, 2.24) is 10.2 Å². The smallest absolute Gasteiger partial charge is 0.248 e. The van der Waals surface area contributed by atoms with Gasteiger partial charge in [-0.15, -0.1) is 0 Å². The fourth-order valence-corrected chi connectivity index (χ4v) is 3.03. The molecule has 0 unspecified atom stereocenters. The Balaban J connectivity index is 1.54. The molecule has 128 valence electrons. The molecule has 2 saturated heterocycles. The van der Waals surface area contributed by atoms with Crippen molar-refractivity contribution in [1.29, 1.82) is 0 Å². The molecule has 0 spiro atoms. The number of likely N-dealkylation sites (tertiary alicyclic amines) is 1. The van der Waals surface area contributed by atoms with Gasteiger partial charge in [-0.3, -0.25) is 4.79 Å². The monoisotopic (exact) mass is 312 g/mol. The first-order valence-corrected chi connectivity index (χ1v) is 8.88. The molecule has 2 atom stereocenters. The van der Waals surface area contributed by atoms with Crippen LogP contribution in [0.15, 0.2) is 0 Å². The average Bonchev–Trinajstić information content (AvgIpc) is 2.55.